The Bertz CT molecular complexity index is 963. The number of ketones is 1. The molecule has 1 unspecified atom stereocenters. The molecule has 0 aliphatic carbocycles. The summed E-state index contributed by atoms with van der Waals surface area (Å²) in [7, 11) is 3.89. The van der Waals surface area contributed by atoms with E-state index in [0.29, 0.717) is 24.1 Å². The second-order valence-corrected chi connectivity index (χ2v) is 7.79. The number of likely N-dealkylation sites (tertiary alicyclic amines) is 1. The SMILES string of the molecule is CCc1ccc(/C(O)=C2/C(=O)C(=O)N(CCCN(C)C)C2c2cccc(O)c2)cc1. The van der Waals surface area contributed by atoms with Crippen molar-refractivity contribution in [2.75, 3.05) is 27.2 Å². The van der Waals surface area contributed by atoms with E-state index in [4.69, 9.17) is 0 Å². The van der Waals surface area contributed by atoms with Crippen LogP contribution in [0.4, 0.5) is 0 Å². The minimum absolute atomic E-state index is 0.0404. The van der Waals surface area contributed by atoms with Gasteiger partial charge in [0.05, 0.1) is 11.6 Å². The number of hydrogen-bond acceptors (Lipinski definition) is 5. The number of benzene rings is 2. The van der Waals surface area contributed by atoms with Crippen LogP contribution in [0.5, 0.6) is 5.75 Å². The van der Waals surface area contributed by atoms with E-state index in [1.165, 1.54) is 17.0 Å². The van der Waals surface area contributed by atoms with Crippen molar-refractivity contribution in [3.8, 4) is 5.75 Å². The fourth-order valence-corrected chi connectivity index (χ4v) is 3.76. The lowest BCUT2D eigenvalue weighted by Crippen LogP contribution is -2.32. The van der Waals surface area contributed by atoms with Gasteiger partial charge in [-0.3, -0.25) is 9.59 Å². The van der Waals surface area contributed by atoms with Crippen LogP contribution in [0, 0.1) is 0 Å². The van der Waals surface area contributed by atoms with Crippen molar-refractivity contribution in [2.24, 2.45) is 0 Å². The number of hydrogen-bond donors (Lipinski definition) is 2. The van der Waals surface area contributed by atoms with Crippen LogP contribution in [0.2, 0.25) is 0 Å². The maximum Gasteiger partial charge on any atom is 0.295 e. The summed E-state index contributed by atoms with van der Waals surface area (Å²) in [5, 5.41) is 21.0. The van der Waals surface area contributed by atoms with Gasteiger partial charge in [-0.15, -0.1) is 0 Å². The third kappa shape index (κ3) is 4.39. The molecule has 2 N–H and O–H groups in total. The quantitative estimate of drug-likeness (QED) is 0.417. The number of carbonyl (C=O) groups excluding carboxylic acids is 2. The summed E-state index contributed by atoms with van der Waals surface area (Å²) in [6.07, 6.45) is 1.54. The van der Waals surface area contributed by atoms with Crippen LogP contribution in [0.15, 0.2) is 54.1 Å². The zero-order valence-electron chi connectivity index (χ0n) is 17.6. The largest absolute Gasteiger partial charge is 0.508 e. The first kappa shape index (κ1) is 21.6. The van der Waals surface area contributed by atoms with Gasteiger partial charge < -0.3 is 20.0 Å². The Morgan fingerprint density at radius 1 is 1.10 bits per heavy atom. The Morgan fingerprint density at radius 3 is 2.40 bits per heavy atom. The van der Waals surface area contributed by atoms with E-state index in [1.54, 1.807) is 24.3 Å². The van der Waals surface area contributed by atoms with Crippen LogP contribution < -0.4 is 0 Å². The number of rotatable bonds is 7. The van der Waals surface area contributed by atoms with Crippen LogP contribution >= 0.6 is 0 Å². The third-order valence-electron chi connectivity index (χ3n) is 5.37. The molecule has 0 spiro atoms. The molecule has 1 aliphatic rings. The number of aromatic hydroxyl groups is 1. The Labute approximate surface area is 177 Å². The van der Waals surface area contributed by atoms with E-state index in [9.17, 15) is 19.8 Å². The highest BCUT2D eigenvalue weighted by Crippen LogP contribution is 2.40. The second-order valence-electron chi connectivity index (χ2n) is 7.79. The fourth-order valence-electron chi connectivity index (χ4n) is 3.76. The van der Waals surface area contributed by atoms with Gasteiger partial charge in [0.1, 0.15) is 11.5 Å². The van der Waals surface area contributed by atoms with Crippen molar-refractivity contribution >= 4 is 17.4 Å². The van der Waals surface area contributed by atoms with E-state index in [1.807, 2.05) is 38.1 Å². The molecule has 2 aromatic rings. The second kappa shape index (κ2) is 9.13. The van der Waals surface area contributed by atoms with Gasteiger partial charge in [-0.1, -0.05) is 43.3 Å². The summed E-state index contributed by atoms with van der Waals surface area (Å²) in [5.74, 6) is -1.49. The van der Waals surface area contributed by atoms with Gasteiger partial charge in [0.2, 0.25) is 0 Å². The highest BCUT2D eigenvalue weighted by Gasteiger charge is 2.45. The lowest BCUT2D eigenvalue weighted by Gasteiger charge is -2.26. The minimum atomic E-state index is -0.745. The number of phenolic OH excluding ortho intramolecular Hbond substituents is 1. The summed E-state index contributed by atoms with van der Waals surface area (Å²) < 4.78 is 0. The van der Waals surface area contributed by atoms with Crippen molar-refractivity contribution < 1.29 is 19.8 Å². The molecule has 6 nitrogen and oxygen atoms in total. The molecule has 1 amide bonds. The first-order valence-corrected chi connectivity index (χ1v) is 10.1. The Morgan fingerprint density at radius 2 is 1.80 bits per heavy atom. The lowest BCUT2D eigenvalue weighted by atomic mass is 9.94. The van der Waals surface area contributed by atoms with Crippen LogP contribution in [-0.4, -0.2) is 58.9 Å². The highest BCUT2D eigenvalue weighted by atomic mass is 16.3. The Balaban J connectivity index is 2.08. The molecule has 2 aromatic carbocycles. The zero-order chi connectivity index (χ0) is 21.8. The highest BCUT2D eigenvalue weighted by molar-refractivity contribution is 6.46. The normalized spacial score (nSPS) is 18.4. The molecule has 0 aromatic heterocycles. The molecule has 30 heavy (non-hydrogen) atoms. The smallest absolute Gasteiger partial charge is 0.295 e. The van der Waals surface area contributed by atoms with Gasteiger partial charge in [0.15, 0.2) is 0 Å². The van der Waals surface area contributed by atoms with E-state index in [0.717, 1.165) is 18.5 Å². The Kier molecular flexibility index (Phi) is 6.57. The van der Waals surface area contributed by atoms with Gasteiger partial charge in [-0.05, 0) is 56.7 Å². The van der Waals surface area contributed by atoms with Crippen molar-refractivity contribution in [3.63, 3.8) is 0 Å². The number of aliphatic hydroxyl groups excluding tert-OH is 1. The van der Waals surface area contributed by atoms with Gasteiger partial charge in [-0.25, -0.2) is 0 Å². The van der Waals surface area contributed by atoms with Gasteiger partial charge >= 0.3 is 0 Å². The average molecular weight is 408 g/mol. The summed E-state index contributed by atoms with van der Waals surface area (Å²) >= 11 is 0. The van der Waals surface area contributed by atoms with Crippen LogP contribution in [0.1, 0.15) is 36.1 Å². The molecule has 1 fully saturated rings. The summed E-state index contributed by atoms with van der Waals surface area (Å²) in [6, 6.07) is 13.0. The fraction of sp³-hybridized carbons (Fsp3) is 0.333. The predicted molar refractivity (Wildman–Crippen MR) is 116 cm³/mol. The van der Waals surface area contributed by atoms with E-state index in [2.05, 4.69) is 0 Å². The molecule has 6 heteroatoms. The standard InChI is InChI=1S/C24H28N2O4/c1-4-16-9-11-17(12-10-16)22(28)20-21(18-7-5-8-19(27)15-18)26(24(30)23(20)29)14-6-13-25(2)3/h5,7-12,15,21,27-28H,4,6,13-14H2,1-3H3/b22-20-. The number of amides is 1. The number of aryl methyl sites for hydroxylation is 1. The number of carbonyl (C=O) groups is 2. The van der Waals surface area contributed by atoms with Crippen molar-refractivity contribution in [1.82, 2.24) is 9.80 Å². The molecular formula is C24H28N2O4. The third-order valence-corrected chi connectivity index (χ3v) is 5.37. The molecule has 3 rings (SSSR count). The van der Waals surface area contributed by atoms with Gasteiger partial charge in [0, 0.05) is 12.1 Å². The Hall–Kier alpha value is -3.12. The predicted octanol–water partition coefficient (Wildman–Crippen LogP) is 3.33. The van der Waals surface area contributed by atoms with Crippen LogP contribution in [0.3, 0.4) is 0 Å². The van der Waals surface area contributed by atoms with E-state index in [-0.39, 0.29) is 17.1 Å². The van der Waals surface area contributed by atoms with Crippen LogP contribution in [-0.2, 0) is 16.0 Å². The molecule has 1 heterocycles. The van der Waals surface area contributed by atoms with Gasteiger partial charge in [-0.2, -0.15) is 0 Å². The topological polar surface area (TPSA) is 81.1 Å². The number of phenols is 1. The first-order valence-electron chi connectivity index (χ1n) is 10.1. The summed E-state index contributed by atoms with van der Waals surface area (Å²) in [5.41, 5.74) is 2.24. The van der Waals surface area contributed by atoms with Crippen molar-refractivity contribution in [3.05, 3.63) is 70.8 Å². The number of nitrogens with zero attached hydrogens (tertiary/aromatic N) is 2. The summed E-state index contributed by atoms with van der Waals surface area (Å²) in [4.78, 5) is 29.3. The average Bonchev–Trinajstić information content (AvgIpc) is 2.98. The lowest BCUT2D eigenvalue weighted by molar-refractivity contribution is -0.139. The molecule has 1 atom stereocenters. The minimum Gasteiger partial charge on any atom is -0.508 e. The van der Waals surface area contributed by atoms with Crippen molar-refractivity contribution in [1.29, 1.82) is 0 Å². The van der Waals surface area contributed by atoms with E-state index < -0.39 is 17.7 Å². The monoisotopic (exact) mass is 408 g/mol. The van der Waals surface area contributed by atoms with Crippen molar-refractivity contribution in [2.45, 2.75) is 25.8 Å². The molecule has 0 saturated carbocycles. The first-order chi connectivity index (χ1) is 14.3. The maximum absolute atomic E-state index is 12.9. The molecule has 158 valence electrons. The zero-order valence-corrected chi connectivity index (χ0v) is 17.6. The molecule has 0 bridgehead atoms. The van der Waals surface area contributed by atoms with Crippen LogP contribution in [0.25, 0.3) is 5.76 Å². The molecular weight excluding hydrogens is 380 g/mol. The summed E-state index contributed by atoms with van der Waals surface area (Å²) in [6.45, 7) is 3.17. The van der Waals surface area contributed by atoms with E-state index >= 15 is 0 Å². The van der Waals surface area contributed by atoms with Gasteiger partial charge in [0.25, 0.3) is 11.7 Å². The molecule has 0 radical (unpaired) electrons. The maximum atomic E-state index is 12.9. The number of Topliss-reactive ketones (excluding diaryl/α,β-unsaturated/α-hetero) is 1. The number of aliphatic hydroxyl groups is 1. The molecule has 1 saturated heterocycles. The molecule has 1 aliphatic heterocycles.